The lowest BCUT2D eigenvalue weighted by Crippen LogP contribution is -2.44. The molecule has 0 spiro atoms. The zero-order valence-corrected chi connectivity index (χ0v) is 15.6. The number of carbonyl (C=O) groups excluding carboxylic acids is 1. The van der Waals surface area contributed by atoms with E-state index in [0.29, 0.717) is 25.3 Å². The van der Waals surface area contributed by atoms with Gasteiger partial charge in [0.2, 0.25) is 0 Å². The van der Waals surface area contributed by atoms with Crippen molar-refractivity contribution >= 4 is 6.03 Å². The van der Waals surface area contributed by atoms with Gasteiger partial charge in [-0.3, -0.25) is 0 Å². The number of methoxy groups -OCH3 is 1. The summed E-state index contributed by atoms with van der Waals surface area (Å²) in [5.74, 6) is 0.351. The molecule has 4 N–H and O–H groups in total. The first-order valence-electron chi connectivity index (χ1n) is 8.81. The van der Waals surface area contributed by atoms with E-state index >= 15 is 0 Å². The van der Waals surface area contributed by atoms with Gasteiger partial charge in [-0.15, -0.1) is 0 Å². The van der Waals surface area contributed by atoms with Crippen molar-refractivity contribution in [3.8, 4) is 11.5 Å². The van der Waals surface area contributed by atoms with Gasteiger partial charge in [0, 0.05) is 25.2 Å². The molecule has 0 aromatic heterocycles. The van der Waals surface area contributed by atoms with Crippen molar-refractivity contribution < 1.29 is 19.0 Å². The van der Waals surface area contributed by atoms with Crippen LogP contribution in [0.3, 0.4) is 0 Å². The average molecular weight is 375 g/mol. The molecule has 27 heavy (non-hydrogen) atoms. The molecule has 2 amide bonds. The smallest absolute Gasteiger partial charge is 0.314 e. The van der Waals surface area contributed by atoms with Gasteiger partial charge in [0.15, 0.2) is 0 Å². The summed E-state index contributed by atoms with van der Waals surface area (Å²) in [6.07, 6.45) is 1.27. The highest BCUT2D eigenvalue weighted by Gasteiger charge is 2.10. The highest BCUT2D eigenvalue weighted by molar-refractivity contribution is 5.73. The Kier molecular flexibility index (Phi) is 7.88. The standard InChI is InChI=1S/C20H26FN3O3/c1-22-17(11-14-3-7-18(25)8-4-14)13-24-20(26)23-10-9-15-5-6-16(21)12-19(15)27-2/h3-8,12,17,22,25H,9-11,13H2,1-2H3,(H2,23,24,26). The van der Waals surface area contributed by atoms with E-state index < -0.39 is 0 Å². The summed E-state index contributed by atoms with van der Waals surface area (Å²) in [5.41, 5.74) is 1.90. The molecule has 0 aliphatic carbocycles. The molecule has 0 saturated heterocycles. The second-order valence-electron chi connectivity index (χ2n) is 6.20. The van der Waals surface area contributed by atoms with Crippen molar-refractivity contribution in [2.75, 3.05) is 27.2 Å². The Morgan fingerprint density at radius 1 is 1.19 bits per heavy atom. The largest absolute Gasteiger partial charge is 0.508 e. The SMILES string of the molecule is CNC(CNC(=O)NCCc1ccc(F)cc1OC)Cc1ccc(O)cc1. The van der Waals surface area contributed by atoms with E-state index in [9.17, 15) is 14.3 Å². The maximum absolute atomic E-state index is 13.2. The predicted octanol–water partition coefficient (Wildman–Crippen LogP) is 2.21. The van der Waals surface area contributed by atoms with Crippen molar-refractivity contribution in [1.29, 1.82) is 0 Å². The van der Waals surface area contributed by atoms with Crippen LogP contribution >= 0.6 is 0 Å². The first kappa shape index (κ1) is 20.5. The molecule has 2 rings (SSSR count). The lowest BCUT2D eigenvalue weighted by atomic mass is 10.1. The fraction of sp³-hybridized carbons (Fsp3) is 0.350. The molecule has 2 aromatic carbocycles. The van der Waals surface area contributed by atoms with Gasteiger partial charge in [-0.2, -0.15) is 0 Å². The monoisotopic (exact) mass is 375 g/mol. The van der Waals surface area contributed by atoms with Crippen LogP contribution in [0.4, 0.5) is 9.18 Å². The molecule has 0 fully saturated rings. The third kappa shape index (κ3) is 6.79. The Balaban J connectivity index is 1.74. The molecule has 7 heteroatoms. The number of phenolic OH excluding ortho intramolecular Hbond substituents is 1. The lowest BCUT2D eigenvalue weighted by Gasteiger charge is -2.17. The summed E-state index contributed by atoms with van der Waals surface area (Å²) in [6.45, 7) is 0.874. The fourth-order valence-electron chi connectivity index (χ4n) is 2.71. The minimum atomic E-state index is -0.354. The third-order valence-corrected chi connectivity index (χ3v) is 4.26. The fourth-order valence-corrected chi connectivity index (χ4v) is 2.71. The van der Waals surface area contributed by atoms with Gasteiger partial charge in [-0.25, -0.2) is 9.18 Å². The van der Waals surface area contributed by atoms with E-state index in [1.54, 1.807) is 18.2 Å². The molecule has 6 nitrogen and oxygen atoms in total. The number of likely N-dealkylation sites (N-methyl/N-ethyl adjacent to an activating group) is 1. The zero-order chi connectivity index (χ0) is 19.6. The topological polar surface area (TPSA) is 82.6 Å². The van der Waals surface area contributed by atoms with Crippen LogP contribution in [0.2, 0.25) is 0 Å². The van der Waals surface area contributed by atoms with Crippen LogP contribution in [0, 0.1) is 5.82 Å². The number of carbonyl (C=O) groups is 1. The number of halogens is 1. The van der Waals surface area contributed by atoms with Gasteiger partial charge >= 0.3 is 6.03 Å². The molecule has 2 aromatic rings. The van der Waals surface area contributed by atoms with E-state index in [-0.39, 0.29) is 23.6 Å². The first-order valence-corrected chi connectivity index (χ1v) is 8.81. The van der Waals surface area contributed by atoms with Crippen LogP contribution in [0.25, 0.3) is 0 Å². The second kappa shape index (κ2) is 10.4. The van der Waals surface area contributed by atoms with Gasteiger partial charge in [0.1, 0.15) is 17.3 Å². The summed E-state index contributed by atoms with van der Waals surface area (Å²) in [6, 6.07) is 11.2. The minimum Gasteiger partial charge on any atom is -0.508 e. The van der Waals surface area contributed by atoms with E-state index in [4.69, 9.17) is 4.74 Å². The molecule has 0 aliphatic rings. The molecule has 146 valence electrons. The van der Waals surface area contributed by atoms with Gasteiger partial charge in [0.25, 0.3) is 0 Å². The van der Waals surface area contributed by atoms with Crippen molar-refractivity contribution in [3.63, 3.8) is 0 Å². The zero-order valence-electron chi connectivity index (χ0n) is 15.6. The second-order valence-corrected chi connectivity index (χ2v) is 6.20. The van der Waals surface area contributed by atoms with Gasteiger partial charge in [-0.05, 0) is 49.2 Å². The molecule has 0 heterocycles. The Hall–Kier alpha value is -2.80. The Bertz CT molecular complexity index is 738. The van der Waals surface area contributed by atoms with E-state index in [2.05, 4.69) is 16.0 Å². The molecular formula is C20H26FN3O3. The maximum atomic E-state index is 13.2. The lowest BCUT2D eigenvalue weighted by molar-refractivity contribution is 0.239. The number of ether oxygens (including phenoxy) is 1. The summed E-state index contributed by atoms with van der Waals surface area (Å²) >= 11 is 0. The molecule has 0 saturated carbocycles. The number of hydrogen-bond acceptors (Lipinski definition) is 4. The van der Waals surface area contributed by atoms with Crippen molar-refractivity contribution in [2.45, 2.75) is 18.9 Å². The Morgan fingerprint density at radius 3 is 2.59 bits per heavy atom. The van der Waals surface area contributed by atoms with Crippen LogP contribution in [-0.2, 0) is 12.8 Å². The van der Waals surface area contributed by atoms with E-state index in [1.807, 2.05) is 19.2 Å². The molecule has 0 aliphatic heterocycles. The van der Waals surface area contributed by atoms with Crippen LogP contribution in [0.15, 0.2) is 42.5 Å². The summed E-state index contributed by atoms with van der Waals surface area (Å²) in [5, 5.41) is 18.1. The van der Waals surface area contributed by atoms with Crippen LogP contribution in [0.1, 0.15) is 11.1 Å². The first-order chi connectivity index (χ1) is 13.0. The number of phenols is 1. The number of rotatable bonds is 9. The summed E-state index contributed by atoms with van der Waals surface area (Å²) in [7, 11) is 3.33. The van der Waals surface area contributed by atoms with E-state index in [1.165, 1.54) is 19.2 Å². The maximum Gasteiger partial charge on any atom is 0.314 e. The number of urea groups is 1. The molecular weight excluding hydrogens is 349 g/mol. The van der Waals surface area contributed by atoms with Crippen molar-refractivity contribution in [3.05, 3.63) is 59.4 Å². The predicted molar refractivity (Wildman–Crippen MR) is 103 cm³/mol. The number of amides is 2. The molecule has 0 radical (unpaired) electrons. The van der Waals surface area contributed by atoms with Gasteiger partial charge in [0.05, 0.1) is 7.11 Å². The average Bonchev–Trinajstić information content (AvgIpc) is 2.67. The highest BCUT2D eigenvalue weighted by atomic mass is 19.1. The quantitative estimate of drug-likeness (QED) is 0.542. The van der Waals surface area contributed by atoms with Crippen LogP contribution < -0.4 is 20.7 Å². The van der Waals surface area contributed by atoms with Crippen molar-refractivity contribution in [2.24, 2.45) is 0 Å². The third-order valence-electron chi connectivity index (χ3n) is 4.26. The Morgan fingerprint density at radius 2 is 1.93 bits per heavy atom. The number of hydrogen-bond donors (Lipinski definition) is 4. The van der Waals surface area contributed by atoms with Crippen molar-refractivity contribution in [1.82, 2.24) is 16.0 Å². The van der Waals surface area contributed by atoms with Gasteiger partial charge in [-0.1, -0.05) is 18.2 Å². The Labute approximate surface area is 158 Å². The van der Waals surface area contributed by atoms with Crippen LogP contribution in [-0.4, -0.2) is 44.4 Å². The molecule has 0 bridgehead atoms. The summed E-state index contributed by atoms with van der Waals surface area (Å²) < 4.78 is 18.3. The molecule has 1 atom stereocenters. The number of aromatic hydroxyl groups is 1. The number of nitrogens with one attached hydrogen (secondary N) is 3. The number of benzene rings is 2. The summed E-state index contributed by atoms with van der Waals surface area (Å²) in [4.78, 5) is 12.0. The highest BCUT2D eigenvalue weighted by Crippen LogP contribution is 2.19. The minimum absolute atomic E-state index is 0.0671. The van der Waals surface area contributed by atoms with E-state index in [0.717, 1.165) is 17.5 Å². The van der Waals surface area contributed by atoms with Gasteiger partial charge < -0.3 is 25.8 Å². The molecule has 1 unspecified atom stereocenters. The van der Waals surface area contributed by atoms with Crippen LogP contribution in [0.5, 0.6) is 11.5 Å². The normalized spacial score (nSPS) is 11.7.